The third kappa shape index (κ3) is 4.00. The van der Waals surface area contributed by atoms with Crippen LogP contribution in [0.2, 0.25) is 0 Å². The molecule has 1 aliphatic rings. The predicted octanol–water partition coefficient (Wildman–Crippen LogP) is 0.425. The topological polar surface area (TPSA) is 64.6 Å². The molecule has 7 nitrogen and oxygen atoms in total. The second kappa shape index (κ2) is 7.97. The minimum Gasteiger partial charge on any atom is -0.314 e. The Balaban J connectivity index is 1.68. The van der Waals surface area contributed by atoms with E-state index in [4.69, 9.17) is 12.2 Å². The lowest BCUT2D eigenvalue weighted by molar-refractivity contribution is -0.926. The molecule has 1 N–H and O–H groups in total. The molecule has 146 valence electrons. The summed E-state index contributed by atoms with van der Waals surface area (Å²) in [5.74, 6) is -2.16. The summed E-state index contributed by atoms with van der Waals surface area (Å²) in [6.07, 6.45) is 3.35. The Morgan fingerprint density at radius 1 is 1.26 bits per heavy atom. The number of rotatable bonds is 6. The molecule has 11 heteroatoms. The van der Waals surface area contributed by atoms with E-state index in [0.717, 1.165) is 27.4 Å². The van der Waals surface area contributed by atoms with E-state index in [-0.39, 0.29) is 13.1 Å². The maximum absolute atomic E-state index is 13.9. The van der Waals surface area contributed by atoms with Crippen LogP contribution in [-0.4, -0.2) is 53.2 Å². The van der Waals surface area contributed by atoms with Crippen LogP contribution in [0.4, 0.5) is 8.78 Å². The number of hydrogen-bond donors (Lipinski definition) is 1. The maximum atomic E-state index is 13.9. The Morgan fingerprint density at radius 2 is 1.89 bits per heavy atom. The summed E-state index contributed by atoms with van der Waals surface area (Å²) in [6.45, 7) is 5.99. The quantitative estimate of drug-likeness (QED) is 0.548. The molecule has 3 rings (SSSR count). The van der Waals surface area contributed by atoms with E-state index in [2.05, 4.69) is 11.7 Å². The zero-order chi connectivity index (χ0) is 19.6. The van der Waals surface area contributed by atoms with Gasteiger partial charge in [0, 0.05) is 6.54 Å². The molecule has 0 radical (unpaired) electrons. The van der Waals surface area contributed by atoms with Crippen LogP contribution in [0.5, 0.6) is 0 Å². The Hall–Kier alpha value is -1.95. The second-order valence-corrected chi connectivity index (χ2v) is 8.46. The highest BCUT2D eigenvalue weighted by Gasteiger charge is 2.34. The number of sulfonamides is 1. The summed E-state index contributed by atoms with van der Waals surface area (Å²) in [5, 5.41) is 4.24. The van der Waals surface area contributed by atoms with E-state index in [1.165, 1.54) is 0 Å². The van der Waals surface area contributed by atoms with Gasteiger partial charge in [0.05, 0.1) is 26.2 Å². The lowest BCUT2D eigenvalue weighted by atomic mass is 10.3. The molecule has 1 saturated heterocycles. The van der Waals surface area contributed by atoms with E-state index >= 15 is 0 Å². The zero-order valence-corrected chi connectivity index (χ0v) is 16.1. The van der Waals surface area contributed by atoms with E-state index in [9.17, 15) is 17.2 Å². The molecule has 0 spiro atoms. The van der Waals surface area contributed by atoms with Gasteiger partial charge >= 0.3 is 0 Å². The SMILES string of the molecule is C=CCn1cnn(C[NH+]2CCN(S(=O)(=O)c3c(F)cccc3F)CC2)c1=S. The van der Waals surface area contributed by atoms with Gasteiger partial charge in [-0.3, -0.25) is 0 Å². The number of halogens is 2. The van der Waals surface area contributed by atoms with Gasteiger partial charge in [-0.15, -0.1) is 6.58 Å². The zero-order valence-electron chi connectivity index (χ0n) is 14.5. The van der Waals surface area contributed by atoms with Crippen molar-refractivity contribution in [3.05, 3.63) is 53.6 Å². The van der Waals surface area contributed by atoms with Crippen LogP contribution in [-0.2, 0) is 23.2 Å². The van der Waals surface area contributed by atoms with Gasteiger partial charge in [0.2, 0.25) is 14.8 Å². The number of aromatic nitrogens is 3. The monoisotopic (exact) mass is 416 g/mol. The minimum atomic E-state index is -4.22. The summed E-state index contributed by atoms with van der Waals surface area (Å²) >= 11 is 5.35. The van der Waals surface area contributed by atoms with E-state index < -0.39 is 26.6 Å². The second-order valence-electron chi connectivity index (χ2n) is 6.22. The lowest BCUT2D eigenvalue weighted by Crippen LogP contribution is -3.14. The van der Waals surface area contributed by atoms with Crippen molar-refractivity contribution in [1.82, 2.24) is 18.7 Å². The standard InChI is InChI=1S/C16H19F2N5O2S2/c1-2-6-21-11-19-23(16(21)26)12-20-7-9-22(10-8-20)27(24,25)15-13(17)4-3-5-14(15)18/h2-5,11H,1,6-10,12H2/p+1. The van der Waals surface area contributed by atoms with Crippen LogP contribution in [0.15, 0.2) is 42.1 Å². The number of nitrogens with one attached hydrogen (secondary N) is 1. The molecular formula is C16H20F2N5O2S2+. The molecule has 0 amide bonds. The van der Waals surface area contributed by atoms with Crippen molar-refractivity contribution in [3.63, 3.8) is 0 Å². The van der Waals surface area contributed by atoms with Crippen molar-refractivity contribution in [1.29, 1.82) is 0 Å². The number of nitrogens with zero attached hydrogens (tertiary/aromatic N) is 4. The van der Waals surface area contributed by atoms with Crippen LogP contribution in [0.25, 0.3) is 0 Å². The molecule has 0 unspecified atom stereocenters. The number of allylic oxidation sites excluding steroid dienone is 1. The average Bonchev–Trinajstić information content (AvgIpc) is 2.96. The maximum Gasteiger partial charge on any atom is 0.249 e. The van der Waals surface area contributed by atoms with E-state index in [1.807, 2.05) is 0 Å². The molecule has 0 aliphatic carbocycles. The molecule has 27 heavy (non-hydrogen) atoms. The molecule has 1 fully saturated rings. The smallest absolute Gasteiger partial charge is 0.249 e. The minimum absolute atomic E-state index is 0.159. The Kier molecular flexibility index (Phi) is 5.84. The van der Waals surface area contributed by atoms with Crippen molar-refractivity contribution in [2.75, 3.05) is 26.2 Å². The van der Waals surface area contributed by atoms with Crippen molar-refractivity contribution in [2.24, 2.45) is 0 Å². The third-order valence-corrected chi connectivity index (χ3v) is 6.84. The highest BCUT2D eigenvalue weighted by Crippen LogP contribution is 2.22. The first kappa shape index (κ1) is 19.8. The van der Waals surface area contributed by atoms with Crippen LogP contribution >= 0.6 is 12.2 Å². The van der Waals surface area contributed by atoms with Gasteiger partial charge in [0.1, 0.15) is 18.0 Å². The fourth-order valence-corrected chi connectivity index (χ4v) is 4.80. The molecule has 0 bridgehead atoms. The van der Waals surface area contributed by atoms with Crippen molar-refractivity contribution < 1.29 is 22.1 Å². The lowest BCUT2D eigenvalue weighted by Gasteiger charge is -2.31. The molecule has 0 saturated carbocycles. The summed E-state index contributed by atoms with van der Waals surface area (Å²) in [6, 6.07) is 3.03. The fraction of sp³-hybridized carbons (Fsp3) is 0.375. The first-order chi connectivity index (χ1) is 12.8. The number of piperazine rings is 1. The Morgan fingerprint density at radius 3 is 2.48 bits per heavy atom. The van der Waals surface area contributed by atoms with Gasteiger partial charge < -0.3 is 9.47 Å². The van der Waals surface area contributed by atoms with Crippen LogP contribution in [0, 0.1) is 16.4 Å². The van der Waals surface area contributed by atoms with Crippen LogP contribution in [0.1, 0.15) is 0 Å². The van der Waals surface area contributed by atoms with E-state index in [0.29, 0.717) is 31.1 Å². The van der Waals surface area contributed by atoms with Gasteiger partial charge in [-0.05, 0) is 24.4 Å². The number of quaternary nitrogens is 1. The fourth-order valence-electron chi connectivity index (χ4n) is 3.02. The Bertz CT molecular complexity index is 974. The molecule has 1 aliphatic heterocycles. The van der Waals surface area contributed by atoms with Gasteiger partial charge in [0.15, 0.2) is 11.6 Å². The molecule has 0 atom stereocenters. The van der Waals surface area contributed by atoms with Gasteiger partial charge in [-0.2, -0.15) is 14.1 Å². The molecule has 1 aromatic heterocycles. The van der Waals surface area contributed by atoms with Gasteiger partial charge in [0.25, 0.3) is 0 Å². The van der Waals surface area contributed by atoms with Gasteiger partial charge in [-0.1, -0.05) is 12.1 Å². The summed E-state index contributed by atoms with van der Waals surface area (Å²) in [7, 11) is -4.22. The summed E-state index contributed by atoms with van der Waals surface area (Å²) in [5.41, 5.74) is 0. The first-order valence-corrected chi connectivity index (χ1v) is 10.2. The predicted molar refractivity (Wildman–Crippen MR) is 97.1 cm³/mol. The number of benzene rings is 1. The third-order valence-electron chi connectivity index (χ3n) is 4.44. The summed E-state index contributed by atoms with van der Waals surface area (Å²) < 4.78 is 58.1. The van der Waals surface area contributed by atoms with E-state index in [1.54, 1.807) is 21.7 Å². The first-order valence-electron chi connectivity index (χ1n) is 8.35. The highest BCUT2D eigenvalue weighted by atomic mass is 32.2. The average molecular weight is 416 g/mol. The molecule has 2 heterocycles. The molecular weight excluding hydrogens is 396 g/mol. The van der Waals surface area contributed by atoms with Crippen molar-refractivity contribution in [3.8, 4) is 0 Å². The molecule has 1 aromatic carbocycles. The summed E-state index contributed by atoms with van der Waals surface area (Å²) in [4.78, 5) is 0.189. The van der Waals surface area contributed by atoms with Crippen molar-refractivity contribution >= 4 is 22.2 Å². The van der Waals surface area contributed by atoms with Crippen molar-refractivity contribution in [2.45, 2.75) is 18.1 Å². The highest BCUT2D eigenvalue weighted by molar-refractivity contribution is 7.89. The number of hydrogen-bond acceptors (Lipinski definition) is 4. The molecule has 2 aromatic rings. The van der Waals surface area contributed by atoms with Crippen LogP contribution < -0.4 is 4.90 Å². The van der Waals surface area contributed by atoms with Crippen LogP contribution in [0.3, 0.4) is 0 Å². The normalized spacial score (nSPS) is 16.5. The largest absolute Gasteiger partial charge is 0.314 e. The Labute approximate surface area is 161 Å². The van der Waals surface area contributed by atoms with Gasteiger partial charge in [-0.25, -0.2) is 17.2 Å².